The van der Waals surface area contributed by atoms with E-state index in [9.17, 15) is 4.79 Å². The van der Waals surface area contributed by atoms with Gasteiger partial charge in [0.25, 0.3) is 0 Å². The van der Waals surface area contributed by atoms with E-state index in [1.165, 1.54) is 0 Å². The summed E-state index contributed by atoms with van der Waals surface area (Å²) in [6.45, 7) is 0. The molecule has 2 aromatic carbocycles. The number of nitrogens with zero attached hydrogens (tertiary/aromatic N) is 2. The minimum atomic E-state index is -0.249. The summed E-state index contributed by atoms with van der Waals surface area (Å²) in [7, 11) is 4.69. The van der Waals surface area contributed by atoms with Crippen LogP contribution in [0.25, 0.3) is 5.69 Å². The minimum Gasteiger partial charge on any atom is -0.493 e. The first-order valence-electron chi connectivity index (χ1n) is 8.98. The Hall–Kier alpha value is -3.19. The van der Waals surface area contributed by atoms with Gasteiger partial charge in [0.1, 0.15) is 12.1 Å². The van der Waals surface area contributed by atoms with Gasteiger partial charge in [-0.2, -0.15) is 0 Å². The van der Waals surface area contributed by atoms with Crippen molar-refractivity contribution >= 4 is 23.3 Å². The zero-order chi connectivity index (χ0) is 20.5. The lowest BCUT2D eigenvalue weighted by Crippen LogP contribution is -2.25. The van der Waals surface area contributed by atoms with Crippen LogP contribution in [0.5, 0.6) is 17.2 Å². The topological polar surface area (TPSA) is 74.6 Å². The van der Waals surface area contributed by atoms with Gasteiger partial charge in [0.05, 0.1) is 27.0 Å². The van der Waals surface area contributed by atoms with E-state index in [1.54, 1.807) is 39.8 Å². The number of ether oxygens (including phenoxy) is 3. The number of rotatable bonds is 5. The van der Waals surface area contributed by atoms with Crippen LogP contribution in [0.1, 0.15) is 23.6 Å². The highest BCUT2D eigenvalue weighted by atomic mass is 35.5. The summed E-state index contributed by atoms with van der Waals surface area (Å²) in [6, 6.07) is 11.1. The van der Waals surface area contributed by atoms with E-state index in [1.807, 2.05) is 28.8 Å². The Labute approximate surface area is 173 Å². The predicted molar refractivity (Wildman–Crippen MR) is 110 cm³/mol. The van der Waals surface area contributed by atoms with Gasteiger partial charge in [-0.05, 0) is 42.0 Å². The first-order valence-corrected chi connectivity index (χ1v) is 9.36. The molecule has 0 spiro atoms. The van der Waals surface area contributed by atoms with Crippen LogP contribution in [-0.2, 0) is 4.79 Å². The number of halogens is 1. The normalized spacial score (nSPS) is 15.4. The Morgan fingerprint density at radius 3 is 2.31 bits per heavy atom. The number of amides is 1. The Morgan fingerprint density at radius 1 is 1.07 bits per heavy atom. The summed E-state index contributed by atoms with van der Waals surface area (Å²) in [5.41, 5.74) is 2.49. The van der Waals surface area contributed by atoms with Gasteiger partial charge in [-0.3, -0.25) is 9.36 Å². The Morgan fingerprint density at radius 2 is 1.72 bits per heavy atom. The third-order valence-electron chi connectivity index (χ3n) is 4.97. The van der Waals surface area contributed by atoms with E-state index in [0.29, 0.717) is 28.1 Å². The molecular formula is C21H20ClN3O4. The van der Waals surface area contributed by atoms with Gasteiger partial charge >= 0.3 is 0 Å². The maximum absolute atomic E-state index is 12.5. The van der Waals surface area contributed by atoms with E-state index < -0.39 is 0 Å². The lowest BCUT2D eigenvalue weighted by molar-refractivity contribution is -0.116. The van der Waals surface area contributed by atoms with E-state index in [4.69, 9.17) is 25.8 Å². The second kappa shape index (κ2) is 7.67. The smallest absolute Gasteiger partial charge is 0.226 e. The van der Waals surface area contributed by atoms with E-state index in [2.05, 4.69) is 10.3 Å². The number of hydrogen-bond donors (Lipinski definition) is 1. The summed E-state index contributed by atoms with van der Waals surface area (Å²) < 4.78 is 18.2. The molecule has 0 saturated carbocycles. The molecule has 2 heterocycles. The fraction of sp³-hybridized carbons (Fsp3) is 0.238. The zero-order valence-corrected chi connectivity index (χ0v) is 17.0. The molecule has 0 bridgehead atoms. The lowest BCUT2D eigenvalue weighted by Gasteiger charge is -2.24. The number of carbonyl (C=O) groups is 1. The van der Waals surface area contributed by atoms with Crippen molar-refractivity contribution in [3.8, 4) is 22.9 Å². The molecule has 8 heteroatoms. The number of aromatic nitrogens is 2. The SMILES string of the molecule is COc1cc([C@H]2CC(=O)Nc3c2ncn3-c2ccc(Cl)cc2)cc(OC)c1OC. The van der Waals surface area contributed by atoms with Crippen LogP contribution in [0.15, 0.2) is 42.7 Å². The molecule has 29 heavy (non-hydrogen) atoms. The molecule has 0 radical (unpaired) electrons. The van der Waals surface area contributed by atoms with Crippen molar-refractivity contribution < 1.29 is 19.0 Å². The average molecular weight is 414 g/mol. The largest absolute Gasteiger partial charge is 0.493 e. The molecule has 150 valence electrons. The van der Waals surface area contributed by atoms with Crippen LogP contribution in [-0.4, -0.2) is 36.8 Å². The van der Waals surface area contributed by atoms with Crippen LogP contribution in [0.4, 0.5) is 5.82 Å². The van der Waals surface area contributed by atoms with Crippen molar-refractivity contribution in [1.29, 1.82) is 0 Å². The van der Waals surface area contributed by atoms with Crippen LogP contribution in [0, 0.1) is 0 Å². The van der Waals surface area contributed by atoms with Crippen LogP contribution in [0.3, 0.4) is 0 Å². The number of benzene rings is 2. The van der Waals surface area contributed by atoms with Gasteiger partial charge in [0, 0.05) is 23.0 Å². The van der Waals surface area contributed by atoms with Crippen molar-refractivity contribution in [3.63, 3.8) is 0 Å². The highest BCUT2D eigenvalue weighted by Crippen LogP contribution is 2.44. The van der Waals surface area contributed by atoms with Crippen LogP contribution < -0.4 is 19.5 Å². The lowest BCUT2D eigenvalue weighted by atomic mass is 9.89. The Balaban J connectivity index is 1.82. The second-order valence-corrected chi connectivity index (χ2v) is 7.02. The first-order chi connectivity index (χ1) is 14.0. The van der Waals surface area contributed by atoms with Crippen molar-refractivity contribution in [3.05, 3.63) is 59.0 Å². The number of fused-ring (bicyclic) bond motifs is 1. The van der Waals surface area contributed by atoms with E-state index >= 15 is 0 Å². The molecule has 0 aliphatic carbocycles. The van der Waals surface area contributed by atoms with Gasteiger partial charge in [-0.15, -0.1) is 0 Å². The molecule has 0 fully saturated rings. The standard InChI is InChI=1S/C21H20ClN3O4/c1-27-16-8-12(9-17(28-2)20(16)29-3)15-10-18(26)24-21-19(15)23-11-25(21)14-6-4-13(22)5-7-14/h4-9,11,15H,10H2,1-3H3,(H,24,26)/t15-/m1/s1. The second-order valence-electron chi connectivity index (χ2n) is 6.59. The fourth-order valence-corrected chi connectivity index (χ4v) is 3.71. The van der Waals surface area contributed by atoms with Crippen molar-refractivity contribution in [2.45, 2.75) is 12.3 Å². The van der Waals surface area contributed by atoms with E-state index in [0.717, 1.165) is 16.9 Å². The quantitative estimate of drug-likeness (QED) is 0.683. The number of nitrogens with one attached hydrogen (secondary N) is 1. The van der Waals surface area contributed by atoms with Crippen molar-refractivity contribution in [1.82, 2.24) is 9.55 Å². The molecule has 1 amide bonds. The monoisotopic (exact) mass is 413 g/mol. The van der Waals surface area contributed by atoms with Gasteiger partial charge in [0.15, 0.2) is 11.5 Å². The molecule has 1 aliphatic heterocycles. The van der Waals surface area contributed by atoms with Crippen molar-refractivity contribution in [2.75, 3.05) is 26.6 Å². The third-order valence-corrected chi connectivity index (χ3v) is 5.22. The summed E-state index contributed by atoms with van der Waals surface area (Å²) in [6.07, 6.45) is 1.97. The highest BCUT2D eigenvalue weighted by Gasteiger charge is 2.32. The van der Waals surface area contributed by atoms with Gasteiger partial charge in [-0.25, -0.2) is 4.98 Å². The average Bonchev–Trinajstić information content (AvgIpc) is 3.16. The summed E-state index contributed by atoms with van der Waals surface area (Å²) >= 11 is 6.00. The summed E-state index contributed by atoms with van der Waals surface area (Å²) in [5.74, 6) is 1.87. The number of imidazole rings is 1. The molecule has 0 saturated heterocycles. The zero-order valence-electron chi connectivity index (χ0n) is 16.2. The highest BCUT2D eigenvalue weighted by molar-refractivity contribution is 6.30. The number of carbonyl (C=O) groups excluding carboxylic acids is 1. The number of hydrogen-bond acceptors (Lipinski definition) is 5. The number of methoxy groups -OCH3 is 3. The van der Waals surface area contributed by atoms with Crippen LogP contribution >= 0.6 is 11.6 Å². The molecular weight excluding hydrogens is 394 g/mol. The molecule has 1 aromatic heterocycles. The van der Waals surface area contributed by atoms with Crippen LogP contribution in [0.2, 0.25) is 5.02 Å². The maximum Gasteiger partial charge on any atom is 0.226 e. The Kier molecular flexibility index (Phi) is 5.07. The van der Waals surface area contributed by atoms with Crippen molar-refractivity contribution in [2.24, 2.45) is 0 Å². The summed E-state index contributed by atoms with van der Waals surface area (Å²) in [5, 5.41) is 3.58. The maximum atomic E-state index is 12.5. The molecule has 0 unspecified atom stereocenters. The molecule has 1 N–H and O–H groups in total. The third kappa shape index (κ3) is 3.38. The molecule has 3 aromatic rings. The number of anilines is 1. The minimum absolute atomic E-state index is 0.0908. The summed E-state index contributed by atoms with van der Waals surface area (Å²) in [4.78, 5) is 17.1. The van der Waals surface area contributed by atoms with Gasteiger partial charge < -0.3 is 19.5 Å². The molecule has 7 nitrogen and oxygen atoms in total. The predicted octanol–water partition coefficient (Wildman–Crippen LogP) is 4.03. The van der Waals surface area contributed by atoms with Gasteiger partial charge in [0.2, 0.25) is 11.7 Å². The molecule has 1 aliphatic rings. The van der Waals surface area contributed by atoms with E-state index in [-0.39, 0.29) is 18.2 Å². The first kappa shape index (κ1) is 19.1. The molecule has 4 rings (SSSR count). The van der Waals surface area contributed by atoms with Gasteiger partial charge in [-0.1, -0.05) is 11.6 Å². The molecule has 1 atom stereocenters. The Bertz CT molecular complexity index is 1040. The fourth-order valence-electron chi connectivity index (χ4n) is 3.58.